The lowest BCUT2D eigenvalue weighted by atomic mass is 10.1. The maximum absolute atomic E-state index is 12.4. The largest absolute Gasteiger partial charge is 0.493 e. The van der Waals surface area contributed by atoms with Crippen molar-refractivity contribution >= 4 is 6.03 Å². The summed E-state index contributed by atoms with van der Waals surface area (Å²) in [6.45, 7) is 5.61. The van der Waals surface area contributed by atoms with Gasteiger partial charge in [-0.05, 0) is 37.0 Å². The van der Waals surface area contributed by atoms with E-state index in [0.29, 0.717) is 31.0 Å². The Labute approximate surface area is 149 Å². The highest BCUT2D eigenvalue weighted by atomic mass is 16.5. The van der Waals surface area contributed by atoms with Gasteiger partial charge in [0, 0.05) is 32.3 Å². The number of carbonyl (C=O) groups is 1. The second-order valence-electron chi connectivity index (χ2n) is 6.09. The molecule has 1 aliphatic rings. The van der Waals surface area contributed by atoms with Crippen LogP contribution >= 0.6 is 0 Å². The van der Waals surface area contributed by atoms with Crippen LogP contribution in [-0.4, -0.2) is 51.5 Å². The number of nitrogens with one attached hydrogen (secondary N) is 1. The highest BCUT2D eigenvalue weighted by Crippen LogP contribution is 2.33. The van der Waals surface area contributed by atoms with Gasteiger partial charge in [0.25, 0.3) is 0 Å². The molecule has 1 fully saturated rings. The Morgan fingerprint density at radius 3 is 2.80 bits per heavy atom. The lowest BCUT2D eigenvalue weighted by Crippen LogP contribution is -2.47. The monoisotopic (exact) mass is 348 g/mol. The van der Waals surface area contributed by atoms with Crippen molar-refractivity contribution in [3.8, 4) is 11.5 Å². The van der Waals surface area contributed by atoms with Gasteiger partial charge in [0.1, 0.15) is 0 Å². The number of rotatable bonds is 7. The zero-order valence-electron chi connectivity index (χ0n) is 15.3. The minimum Gasteiger partial charge on any atom is -0.493 e. The van der Waals surface area contributed by atoms with Gasteiger partial charge < -0.3 is 24.4 Å². The number of piperidine rings is 1. The average molecular weight is 348 g/mol. The Hall–Kier alpha value is -2.21. The molecule has 138 valence electrons. The van der Waals surface area contributed by atoms with E-state index in [-0.39, 0.29) is 12.1 Å². The molecule has 1 N–H and O–H groups in total. The molecule has 0 radical (unpaired) electrons. The smallest absolute Gasteiger partial charge is 0.317 e. The SMILES string of the molecule is C=CCc1cc(CNC(=O)N2CCC[C@@H](OC)C2)cc(OC)c1OC. The number of urea groups is 1. The molecule has 0 spiro atoms. The molecule has 0 saturated carbocycles. The van der Waals surface area contributed by atoms with Gasteiger partial charge in [-0.25, -0.2) is 4.79 Å². The molecule has 0 aliphatic carbocycles. The number of methoxy groups -OCH3 is 3. The van der Waals surface area contributed by atoms with Crippen LogP contribution in [0.5, 0.6) is 11.5 Å². The fraction of sp³-hybridized carbons (Fsp3) is 0.526. The Kier molecular flexibility index (Phi) is 7.13. The topological polar surface area (TPSA) is 60.0 Å². The van der Waals surface area contributed by atoms with Gasteiger partial charge in [-0.3, -0.25) is 0 Å². The van der Waals surface area contributed by atoms with Crippen molar-refractivity contribution in [3.05, 3.63) is 35.9 Å². The number of allylic oxidation sites excluding steroid dienone is 1. The molecule has 6 heteroatoms. The zero-order valence-corrected chi connectivity index (χ0v) is 15.3. The minimum absolute atomic E-state index is 0.0678. The summed E-state index contributed by atoms with van der Waals surface area (Å²) < 4.78 is 16.2. The summed E-state index contributed by atoms with van der Waals surface area (Å²) in [6, 6.07) is 3.83. The van der Waals surface area contributed by atoms with Gasteiger partial charge >= 0.3 is 6.03 Å². The first-order valence-corrected chi connectivity index (χ1v) is 8.53. The molecule has 0 aromatic heterocycles. The Morgan fingerprint density at radius 1 is 1.36 bits per heavy atom. The summed E-state index contributed by atoms with van der Waals surface area (Å²) in [4.78, 5) is 14.2. The van der Waals surface area contributed by atoms with Crippen molar-refractivity contribution in [2.45, 2.75) is 31.9 Å². The number of nitrogens with zero attached hydrogens (tertiary/aromatic N) is 1. The molecule has 2 rings (SSSR count). The van der Waals surface area contributed by atoms with E-state index in [9.17, 15) is 4.79 Å². The van der Waals surface area contributed by atoms with E-state index >= 15 is 0 Å². The molecule has 1 atom stereocenters. The zero-order chi connectivity index (χ0) is 18.2. The second-order valence-corrected chi connectivity index (χ2v) is 6.09. The predicted octanol–water partition coefficient (Wildman–Crippen LogP) is 2.75. The number of likely N-dealkylation sites (tertiary alicyclic amines) is 1. The lowest BCUT2D eigenvalue weighted by molar-refractivity contribution is 0.0434. The molecule has 6 nitrogen and oxygen atoms in total. The molecule has 1 aliphatic heterocycles. The van der Waals surface area contributed by atoms with Crippen molar-refractivity contribution in [2.75, 3.05) is 34.4 Å². The van der Waals surface area contributed by atoms with Crippen LogP contribution in [-0.2, 0) is 17.7 Å². The first kappa shape index (κ1) is 19.1. The molecule has 0 bridgehead atoms. The van der Waals surface area contributed by atoms with Crippen LogP contribution in [0.4, 0.5) is 4.79 Å². The fourth-order valence-corrected chi connectivity index (χ4v) is 3.12. The van der Waals surface area contributed by atoms with Crippen LogP contribution in [0.1, 0.15) is 24.0 Å². The number of carbonyl (C=O) groups excluding carboxylic acids is 1. The van der Waals surface area contributed by atoms with E-state index in [2.05, 4.69) is 11.9 Å². The Morgan fingerprint density at radius 2 is 2.16 bits per heavy atom. The second kappa shape index (κ2) is 9.32. The summed E-state index contributed by atoms with van der Waals surface area (Å²) in [5.41, 5.74) is 1.95. The average Bonchev–Trinajstić information content (AvgIpc) is 2.65. The van der Waals surface area contributed by atoms with E-state index in [0.717, 1.165) is 30.5 Å². The van der Waals surface area contributed by atoms with Crippen molar-refractivity contribution in [2.24, 2.45) is 0 Å². The Balaban J connectivity index is 2.05. The minimum atomic E-state index is -0.0678. The molecule has 2 amide bonds. The molecule has 1 heterocycles. The first-order valence-electron chi connectivity index (χ1n) is 8.53. The van der Waals surface area contributed by atoms with Crippen LogP contribution in [0.15, 0.2) is 24.8 Å². The van der Waals surface area contributed by atoms with Gasteiger partial charge in [0.05, 0.1) is 20.3 Å². The highest BCUT2D eigenvalue weighted by Gasteiger charge is 2.23. The van der Waals surface area contributed by atoms with Crippen molar-refractivity contribution in [1.82, 2.24) is 10.2 Å². The standard InChI is InChI=1S/C19H28N2O4/c1-5-7-15-10-14(11-17(24-3)18(15)25-4)12-20-19(22)21-9-6-8-16(13-21)23-2/h5,10-11,16H,1,6-9,12-13H2,2-4H3,(H,20,22)/t16-/m1/s1. The molecule has 1 saturated heterocycles. The fourth-order valence-electron chi connectivity index (χ4n) is 3.12. The summed E-state index contributed by atoms with van der Waals surface area (Å²) in [6.07, 6.45) is 4.58. The van der Waals surface area contributed by atoms with E-state index in [4.69, 9.17) is 14.2 Å². The van der Waals surface area contributed by atoms with Gasteiger partial charge in [-0.2, -0.15) is 0 Å². The van der Waals surface area contributed by atoms with Gasteiger partial charge in [-0.1, -0.05) is 6.08 Å². The third-order valence-corrected chi connectivity index (χ3v) is 4.42. The molecular formula is C19H28N2O4. The first-order chi connectivity index (χ1) is 12.1. The maximum Gasteiger partial charge on any atom is 0.317 e. The van der Waals surface area contributed by atoms with Crippen LogP contribution in [0, 0.1) is 0 Å². The van der Waals surface area contributed by atoms with E-state index in [1.165, 1.54) is 0 Å². The molecular weight excluding hydrogens is 320 g/mol. The molecule has 1 aromatic carbocycles. The highest BCUT2D eigenvalue weighted by molar-refractivity contribution is 5.74. The lowest BCUT2D eigenvalue weighted by Gasteiger charge is -2.32. The van der Waals surface area contributed by atoms with Gasteiger partial charge in [-0.15, -0.1) is 6.58 Å². The molecule has 25 heavy (non-hydrogen) atoms. The maximum atomic E-state index is 12.4. The van der Waals surface area contributed by atoms with E-state index in [1.807, 2.05) is 23.1 Å². The van der Waals surface area contributed by atoms with E-state index < -0.39 is 0 Å². The third kappa shape index (κ3) is 4.89. The van der Waals surface area contributed by atoms with Crippen molar-refractivity contribution in [1.29, 1.82) is 0 Å². The summed E-state index contributed by atoms with van der Waals surface area (Å²) in [5, 5.41) is 2.98. The number of amides is 2. The van der Waals surface area contributed by atoms with Gasteiger partial charge in [0.2, 0.25) is 0 Å². The quantitative estimate of drug-likeness (QED) is 0.770. The van der Waals surface area contributed by atoms with Gasteiger partial charge in [0.15, 0.2) is 11.5 Å². The van der Waals surface area contributed by atoms with Crippen LogP contribution in [0.3, 0.4) is 0 Å². The Bertz CT molecular complexity index is 603. The third-order valence-electron chi connectivity index (χ3n) is 4.42. The van der Waals surface area contributed by atoms with Crippen LogP contribution in [0.25, 0.3) is 0 Å². The normalized spacial score (nSPS) is 17.1. The summed E-state index contributed by atoms with van der Waals surface area (Å²) in [7, 11) is 4.92. The number of ether oxygens (including phenoxy) is 3. The van der Waals surface area contributed by atoms with Crippen LogP contribution in [0.2, 0.25) is 0 Å². The van der Waals surface area contributed by atoms with Crippen LogP contribution < -0.4 is 14.8 Å². The predicted molar refractivity (Wildman–Crippen MR) is 97.3 cm³/mol. The van der Waals surface area contributed by atoms with Crippen molar-refractivity contribution in [3.63, 3.8) is 0 Å². The van der Waals surface area contributed by atoms with Crippen molar-refractivity contribution < 1.29 is 19.0 Å². The summed E-state index contributed by atoms with van der Waals surface area (Å²) in [5.74, 6) is 1.36. The summed E-state index contributed by atoms with van der Waals surface area (Å²) >= 11 is 0. The van der Waals surface area contributed by atoms with E-state index in [1.54, 1.807) is 21.3 Å². The molecule has 1 aromatic rings. The number of benzene rings is 1. The molecule has 0 unspecified atom stereocenters. The number of hydrogen-bond acceptors (Lipinski definition) is 4. The number of hydrogen-bond donors (Lipinski definition) is 1.